The van der Waals surface area contributed by atoms with Crippen LogP contribution in [-0.2, 0) is 16.1 Å². The Hall–Kier alpha value is -2.34. The number of benzene rings is 2. The Kier molecular flexibility index (Phi) is 6.28. The van der Waals surface area contributed by atoms with Gasteiger partial charge in [0, 0.05) is 23.2 Å². The Bertz CT molecular complexity index is 741. The van der Waals surface area contributed by atoms with E-state index in [4.69, 9.17) is 4.74 Å². The van der Waals surface area contributed by atoms with Gasteiger partial charge in [-0.2, -0.15) is 0 Å². The number of carbonyl (C=O) groups excluding carboxylic acids is 2. The molecule has 0 unspecified atom stereocenters. The van der Waals surface area contributed by atoms with Crippen LogP contribution in [0, 0.1) is 5.92 Å². The minimum Gasteiger partial charge on any atom is -0.461 e. The normalized spacial score (nSPS) is 14.7. The van der Waals surface area contributed by atoms with Crippen LogP contribution in [0.25, 0.3) is 0 Å². The fraction of sp³-hybridized carbons (Fsp3) is 0.300. The van der Waals surface area contributed by atoms with Crippen molar-refractivity contribution in [3.05, 3.63) is 64.6 Å². The number of amides is 2. The number of para-hydroxylation sites is 1. The van der Waals surface area contributed by atoms with E-state index in [0.29, 0.717) is 25.9 Å². The third-order valence-corrected chi connectivity index (χ3v) is 4.96. The Balaban J connectivity index is 1.43. The molecule has 3 rings (SSSR count). The van der Waals surface area contributed by atoms with Crippen molar-refractivity contribution >= 4 is 33.6 Å². The van der Waals surface area contributed by atoms with Gasteiger partial charge in [-0.3, -0.25) is 4.79 Å². The van der Waals surface area contributed by atoms with Crippen molar-refractivity contribution in [1.82, 2.24) is 4.90 Å². The maximum Gasteiger partial charge on any atom is 0.321 e. The average Bonchev–Trinajstić information content (AvgIpc) is 2.68. The number of hydrogen-bond acceptors (Lipinski definition) is 3. The second-order valence-corrected chi connectivity index (χ2v) is 7.21. The van der Waals surface area contributed by atoms with Crippen LogP contribution in [0.4, 0.5) is 10.5 Å². The lowest BCUT2D eigenvalue weighted by molar-refractivity contribution is -0.151. The summed E-state index contributed by atoms with van der Waals surface area (Å²) in [5, 5.41) is 2.87. The van der Waals surface area contributed by atoms with Gasteiger partial charge in [0.25, 0.3) is 0 Å². The molecule has 1 aliphatic rings. The van der Waals surface area contributed by atoms with E-state index >= 15 is 0 Å². The monoisotopic (exact) mass is 416 g/mol. The van der Waals surface area contributed by atoms with Gasteiger partial charge >= 0.3 is 12.0 Å². The molecule has 0 aliphatic carbocycles. The lowest BCUT2D eigenvalue weighted by Gasteiger charge is -2.31. The van der Waals surface area contributed by atoms with Crippen molar-refractivity contribution < 1.29 is 14.3 Å². The molecule has 2 aromatic rings. The number of nitrogens with one attached hydrogen (secondary N) is 1. The lowest BCUT2D eigenvalue weighted by Crippen LogP contribution is -2.42. The van der Waals surface area contributed by atoms with Crippen molar-refractivity contribution in [2.45, 2.75) is 19.4 Å². The van der Waals surface area contributed by atoms with Gasteiger partial charge in [-0.25, -0.2) is 4.79 Å². The molecule has 0 spiro atoms. The summed E-state index contributed by atoms with van der Waals surface area (Å²) in [6, 6.07) is 16.9. The highest BCUT2D eigenvalue weighted by molar-refractivity contribution is 9.10. The van der Waals surface area contributed by atoms with Gasteiger partial charge in [0.05, 0.1) is 5.92 Å². The molecule has 0 aromatic heterocycles. The number of ether oxygens (including phenoxy) is 1. The van der Waals surface area contributed by atoms with Crippen LogP contribution in [0.3, 0.4) is 0 Å². The zero-order valence-corrected chi connectivity index (χ0v) is 15.9. The van der Waals surface area contributed by atoms with E-state index in [9.17, 15) is 9.59 Å². The number of esters is 1. The number of anilines is 1. The molecule has 5 nitrogen and oxygen atoms in total. The van der Waals surface area contributed by atoms with Gasteiger partial charge in [-0.1, -0.05) is 46.3 Å². The molecule has 136 valence electrons. The molecule has 1 fully saturated rings. The number of likely N-dealkylation sites (tertiary alicyclic amines) is 1. The van der Waals surface area contributed by atoms with E-state index in [2.05, 4.69) is 21.2 Å². The Morgan fingerprint density at radius 2 is 1.69 bits per heavy atom. The molecular weight excluding hydrogens is 396 g/mol. The molecule has 1 N–H and O–H groups in total. The molecule has 1 saturated heterocycles. The van der Waals surface area contributed by atoms with Crippen molar-refractivity contribution in [1.29, 1.82) is 0 Å². The molecule has 0 radical (unpaired) electrons. The minimum atomic E-state index is -0.184. The second kappa shape index (κ2) is 8.85. The summed E-state index contributed by atoms with van der Waals surface area (Å²) in [6.45, 7) is 1.38. The molecule has 0 atom stereocenters. The fourth-order valence-corrected chi connectivity index (χ4v) is 3.16. The third-order valence-electron chi connectivity index (χ3n) is 4.43. The molecule has 6 heteroatoms. The third kappa shape index (κ3) is 5.08. The van der Waals surface area contributed by atoms with Crippen LogP contribution >= 0.6 is 15.9 Å². The first kappa shape index (κ1) is 18.5. The molecule has 2 aromatic carbocycles. The molecule has 1 heterocycles. The number of halogens is 1. The molecule has 2 amide bonds. The smallest absolute Gasteiger partial charge is 0.321 e. The largest absolute Gasteiger partial charge is 0.461 e. The van der Waals surface area contributed by atoms with Crippen molar-refractivity contribution in [3.8, 4) is 0 Å². The predicted molar refractivity (Wildman–Crippen MR) is 104 cm³/mol. The first-order valence-corrected chi connectivity index (χ1v) is 9.43. The first-order chi connectivity index (χ1) is 12.6. The van der Waals surface area contributed by atoms with Crippen molar-refractivity contribution in [3.63, 3.8) is 0 Å². The lowest BCUT2D eigenvalue weighted by atomic mass is 9.97. The number of rotatable bonds is 4. The molecule has 1 aliphatic heterocycles. The highest BCUT2D eigenvalue weighted by atomic mass is 79.9. The number of urea groups is 1. The summed E-state index contributed by atoms with van der Waals surface area (Å²) in [4.78, 5) is 26.3. The highest BCUT2D eigenvalue weighted by Crippen LogP contribution is 2.20. The molecule has 0 saturated carbocycles. The van der Waals surface area contributed by atoms with Crippen LogP contribution in [-0.4, -0.2) is 30.0 Å². The zero-order chi connectivity index (χ0) is 18.4. The fourth-order valence-electron chi connectivity index (χ4n) is 2.90. The predicted octanol–water partition coefficient (Wildman–Crippen LogP) is 4.44. The first-order valence-electron chi connectivity index (χ1n) is 8.64. The van der Waals surface area contributed by atoms with E-state index < -0.39 is 0 Å². The highest BCUT2D eigenvalue weighted by Gasteiger charge is 2.28. The summed E-state index contributed by atoms with van der Waals surface area (Å²) in [7, 11) is 0. The molecular formula is C20H21BrN2O3. The standard InChI is InChI=1S/C20H21BrN2O3/c21-17-8-6-15(7-9-17)14-26-19(24)16-10-12-23(13-11-16)20(25)22-18-4-2-1-3-5-18/h1-9,16H,10-14H2,(H,22,25). The van der Waals surface area contributed by atoms with E-state index in [1.165, 1.54) is 0 Å². The summed E-state index contributed by atoms with van der Waals surface area (Å²) in [5.74, 6) is -0.331. The summed E-state index contributed by atoms with van der Waals surface area (Å²) in [6.07, 6.45) is 1.25. The van der Waals surface area contributed by atoms with Gasteiger partial charge < -0.3 is 15.0 Å². The van der Waals surface area contributed by atoms with Gasteiger partial charge in [-0.05, 0) is 42.7 Å². The van der Waals surface area contributed by atoms with Crippen molar-refractivity contribution in [2.75, 3.05) is 18.4 Å². The number of piperidine rings is 1. The summed E-state index contributed by atoms with van der Waals surface area (Å²) < 4.78 is 6.42. The van der Waals surface area contributed by atoms with Gasteiger partial charge in [0.15, 0.2) is 0 Å². The maximum atomic E-state index is 12.3. The van der Waals surface area contributed by atoms with E-state index in [1.54, 1.807) is 4.90 Å². The summed E-state index contributed by atoms with van der Waals surface area (Å²) >= 11 is 3.38. The SMILES string of the molecule is O=C(OCc1ccc(Br)cc1)C1CCN(C(=O)Nc2ccccc2)CC1. The summed E-state index contributed by atoms with van der Waals surface area (Å²) in [5.41, 5.74) is 1.73. The van der Waals surface area contributed by atoms with Crippen molar-refractivity contribution in [2.24, 2.45) is 5.92 Å². The number of carbonyl (C=O) groups is 2. The zero-order valence-electron chi connectivity index (χ0n) is 14.4. The van der Waals surface area contributed by atoms with Crippen LogP contribution in [0.1, 0.15) is 18.4 Å². The van der Waals surface area contributed by atoms with Gasteiger partial charge in [0.1, 0.15) is 6.61 Å². The second-order valence-electron chi connectivity index (χ2n) is 6.29. The Morgan fingerprint density at radius 1 is 1.04 bits per heavy atom. The van der Waals surface area contributed by atoms with Gasteiger partial charge in [-0.15, -0.1) is 0 Å². The molecule has 26 heavy (non-hydrogen) atoms. The van der Waals surface area contributed by atoms with E-state index in [-0.39, 0.29) is 24.5 Å². The quantitative estimate of drug-likeness (QED) is 0.749. The van der Waals surface area contributed by atoms with E-state index in [1.807, 2.05) is 54.6 Å². The number of nitrogens with zero attached hydrogens (tertiary/aromatic N) is 1. The average molecular weight is 417 g/mol. The maximum absolute atomic E-state index is 12.3. The van der Waals surface area contributed by atoms with Crippen LogP contribution in [0.5, 0.6) is 0 Å². The van der Waals surface area contributed by atoms with E-state index in [0.717, 1.165) is 15.7 Å². The molecule has 0 bridgehead atoms. The topological polar surface area (TPSA) is 58.6 Å². The van der Waals surface area contributed by atoms with Crippen LogP contribution in [0.2, 0.25) is 0 Å². The minimum absolute atomic E-state index is 0.127. The van der Waals surface area contributed by atoms with Crippen LogP contribution in [0.15, 0.2) is 59.1 Å². The van der Waals surface area contributed by atoms with Gasteiger partial charge in [0.2, 0.25) is 0 Å². The Morgan fingerprint density at radius 3 is 2.35 bits per heavy atom. The van der Waals surface area contributed by atoms with Crippen LogP contribution < -0.4 is 5.32 Å². The Labute approximate surface area is 161 Å². The number of hydrogen-bond donors (Lipinski definition) is 1.